The zero-order valence-electron chi connectivity index (χ0n) is 8.08. The molecule has 68 valence electrons. The highest BCUT2D eigenvalue weighted by molar-refractivity contribution is 5.88. The molecular formula is C10H17NO. The summed E-state index contributed by atoms with van der Waals surface area (Å²) in [5.74, 6) is 1.50. The Morgan fingerprint density at radius 1 is 1.67 bits per heavy atom. The molecule has 0 radical (unpaired) electrons. The second-order valence-corrected chi connectivity index (χ2v) is 3.66. The van der Waals surface area contributed by atoms with Crippen LogP contribution in [0.15, 0.2) is 17.1 Å². The van der Waals surface area contributed by atoms with E-state index in [1.54, 1.807) is 0 Å². The molecule has 0 aromatic heterocycles. The van der Waals surface area contributed by atoms with Gasteiger partial charge in [-0.3, -0.25) is 0 Å². The number of nitrogens with zero attached hydrogens (tertiary/aromatic N) is 1. The summed E-state index contributed by atoms with van der Waals surface area (Å²) in [5.41, 5.74) is 0. The molecule has 0 saturated carbocycles. The van der Waals surface area contributed by atoms with Gasteiger partial charge in [-0.15, -0.1) is 0 Å². The number of rotatable bonds is 3. The van der Waals surface area contributed by atoms with Crippen LogP contribution in [0.4, 0.5) is 0 Å². The normalized spacial score (nSPS) is 23.3. The van der Waals surface area contributed by atoms with Gasteiger partial charge in [0.25, 0.3) is 0 Å². The van der Waals surface area contributed by atoms with E-state index in [1.807, 2.05) is 6.08 Å². The van der Waals surface area contributed by atoms with Crippen LogP contribution >= 0.6 is 0 Å². The molecule has 2 nitrogen and oxygen atoms in total. The maximum absolute atomic E-state index is 5.31. The minimum atomic E-state index is 0.337. The highest BCUT2D eigenvalue weighted by atomic mass is 16.5. The molecular weight excluding hydrogens is 150 g/mol. The van der Waals surface area contributed by atoms with Crippen LogP contribution in [-0.4, -0.2) is 18.5 Å². The van der Waals surface area contributed by atoms with Crippen LogP contribution in [0.1, 0.15) is 27.2 Å². The molecule has 0 aliphatic carbocycles. The summed E-state index contributed by atoms with van der Waals surface area (Å²) in [5, 5.41) is 0. The van der Waals surface area contributed by atoms with E-state index in [-0.39, 0.29) is 0 Å². The number of allylic oxidation sites excluding steroid dienone is 1. The van der Waals surface area contributed by atoms with E-state index in [4.69, 9.17) is 4.74 Å². The largest absolute Gasteiger partial charge is 0.476 e. The average Bonchev–Trinajstić information content (AvgIpc) is 2.35. The molecule has 0 aromatic rings. The summed E-state index contributed by atoms with van der Waals surface area (Å²) >= 11 is 0. The Hall–Kier alpha value is -0.790. The predicted octanol–water partition coefficient (Wildman–Crippen LogP) is 2.41. The third kappa shape index (κ3) is 3.07. The molecule has 1 aliphatic rings. The van der Waals surface area contributed by atoms with Crippen molar-refractivity contribution in [2.75, 3.05) is 6.61 Å². The van der Waals surface area contributed by atoms with Crippen molar-refractivity contribution in [3.63, 3.8) is 0 Å². The Morgan fingerprint density at radius 3 is 2.92 bits per heavy atom. The first-order valence-electron chi connectivity index (χ1n) is 4.55. The fourth-order valence-corrected chi connectivity index (χ4v) is 1.03. The van der Waals surface area contributed by atoms with Crippen molar-refractivity contribution in [1.82, 2.24) is 0 Å². The minimum absolute atomic E-state index is 0.337. The van der Waals surface area contributed by atoms with Crippen LogP contribution in [0.2, 0.25) is 0 Å². The van der Waals surface area contributed by atoms with Crippen LogP contribution in [0, 0.1) is 5.92 Å². The van der Waals surface area contributed by atoms with E-state index in [9.17, 15) is 0 Å². The highest BCUT2D eigenvalue weighted by Gasteiger charge is 2.10. The molecule has 1 aliphatic heterocycles. The average molecular weight is 167 g/mol. The molecule has 0 N–H and O–H groups in total. The van der Waals surface area contributed by atoms with Crippen LogP contribution in [0.3, 0.4) is 0 Å². The van der Waals surface area contributed by atoms with E-state index in [2.05, 4.69) is 31.8 Å². The quantitative estimate of drug-likeness (QED) is 0.632. The van der Waals surface area contributed by atoms with Gasteiger partial charge in [0.1, 0.15) is 6.61 Å². The number of hydrogen-bond donors (Lipinski definition) is 0. The Morgan fingerprint density at radius 2 is 2.42 bits per heavy atom. The molecule has 1 unspecified atom stereocenters. The molecule has 0 saturated heterocycles. The van der Waals surface area contributed by atoms with Gasteiger partial charge in [-0.25, -0.2) is 4.99 Å². The van der Waals surface area contributed by atoms with Crippen molar-refractivity contribution in [3.8, 4) is 0 Å². The van der Waals surface area contributed by atoms with E-state index in [0.717, 1.165) is 18.9 Å². The van der Waals surface area contributed by atoms with Gasteiger partial charge >= 0.3 is 0 Å². The molecule has 12 heavy (non-hydrogen) atoms. The Balaban J connectivity index is 2.31. The summed E-state index contributed by atoms with van der Waals surface area (Å²) < 4.78 is 5.31. The van der Waals surface area contributed by atoms with E-state index in [1.165, 1.54) is 0 Å². The van der Waals surface area contributed by atoms with Crippen molar-refractivity contribution in [3.05, 3.63) is 12.2 Å². The third-order valence-corrected chi connectivity index (χ3v) is 1.69. The SMILES string of the molecule is CC(C)C/C=C/C1=NC(C)CO1. The lowest BCUT2D eigenvalue weighted by Gasteiger charge is -1.96. The van der Waals surface area contributed by atoms with Gasteiger partial charge in [-0.05, 0) is 25.3 Å². The molecule has 1 rings (SSSR count). The van der Waals surface area contributed by atoms with Crippen molar-refractivity contribution in [1.29, 1.82) is 0 Å². The van der Waals surface area contributed by atoms with Crippen molar-refractivity contribution < 1.29 is 4.74 Å². The minimum Gasteiger partial charge on any atom is -0.476 e. The maximum Gasteiger partial charge on any atom is 0.208 e. The van der Waals surface area contributed by atoms with Crippen molar-refractivity contribution in [2.24, 2.45) is 10.9 Å². The second-order valence-electron chi connectivity index (χ2n) is 3.66. The Labute approximate surface area is 74.3 Å². The molecule has 0 fully saturated rings. The van der Waals surface area contributed by atoms with E-state index in [0.29, 0.717) is 12.0 Å². The summed E-state index contributed by atoms with van der Waals surface area (Å²) in [4.78, 5) is 4.29. The van der Waals surface area contributed by atoms with Gasteiger partial charge in [-0.1, -0.05) is 19.9 Å². The second kappa shape index (κ2) is 4.29. The number of ether oxygens (including phenoxy) is 1. The molecule has 0 bridgehead atoms. The van der Waals surface area contributed by atoms with Gasteiger partial charge in [-0.2, -0.15) is 0 Å². The van der Waals surface area contributed by atoms with Gasteiger partial charge in [0.15, 0.2) is 0 Å². The fourth-order valence-electron chi connectivity index (χ4n) is 1.03. The van der Waals surface area contributed by atoms with E-state index < -0.39 is 0 Å². The molecule has 1 atom stereocenters. The van der Waals surface area contributed by atoms with E-state index >= 15 is 0 Å². The van der Waals surface area contributed by atoms with Crippen LogP contribution in [0.25, 0.3) is 0 Å². The van der Waals surface area contributed by atoms with Crippen molar-refractivity contribution >= 4 is 5.90 Å². The lowest BCUT2D eigenvalue weighted by atomic mass is 10.1. The predicted molar refractivity (Wildman–Crippen MR) is 51.4 cm³/mol. The maximum atomic E-state index is 5.31. The summed E-state index contributed by atoms with van der Waals surface area (Å²) in [6.45, 7) is 7.19. The first-order chi connectivity index (χ1) is 5.68. The van der Waals surface area contributed by atoms with Gasteiger partial charge < -0.3 is 4.74 Å². The van der Waals surface area contributed by atoms with Crippen molar-refractivity contribution in [2.45, 2.75) is 33.2 Å². The molecule has 0 spiro atoms. The molecule has 0 aromatic carbocycles. The Kier molecular flexibility index (Phi) is 3.32. The Bertz CT molecular complexity index is 194. The topological polar surface area (TPSA) is 21.6 Å². The van der Waals surface area contributed by atoms with Gasteiger partial charge in [0.2, 0.25) is 5.90 Å². The van der Waals surface area contributed by atoms with Crippen LogP contribution in [0.5, 0.6) is 0 Å². The smallest absolute Gasteiger partial charge is 0.208 e. The lowest BCUT2D eigenvalue weighted by molar-refractivity contribution is 0.325. The zero-order valence-corrected chi connectivity index (χ0v) is 8.08. The third-order valence-electron chi connectivity index (χ3n) is 1.69. The monoisotopic (exact) mass is 167 g/mol. The molecule has 0 amide bonds. The standard InChI is InChI=1S/C10H17NO/c1-8(2)5-4-6-10-11-9(3)7-12-10/h4,6,8-9H,5,7H2,1-3H3/b6-4+. The van der Waals surface area contributed by atoms with Crippen LogP contribution < -0.4 is 0 Å². The summed E-state index contributed by atoms with van der Waals surface area (Å²) in [6.07, 6.45) is 5.20. The lowest BCUT2D eigenvalue weighted by Crippen LogP contribution is -1.98. The fraction of sp³-hybridized carbons (Fsp3) is 0.700. The van der Waals surface area contributed by atoms with Gasteiger partial charge in [0, 0.05) is 0 Å². The number of hydrogen-bond acceptors (Lipinski definition) is 2. The number of aliphatic imine (C=N–C) groups is 1. The zero-order chi connectivity index (χ0) is 8.97. The molecule has 1 heterocycles. The van der Waals surface area contributed by atoms with Gasteiger partial charge in [0.05, 0.1) is 6.04 Å². The summed E-state index contributed by atoms with van der Waals surface area (Å²) in [7, 11) is 0. The first-order valence-corrected chi connectivity index (χ1v) is 4.55. The first kappa shape index (κ1) is 9.30. The highest BCUT2D eigenvalue weighted by Crippen LogP contribution is 2.06. The van der Waals surface area contributed by atoms with Crippen LogP contribution in [-0.2, 0) is 4.74 Å². The molecule has 2 heteroatoms. The summed E-state index contributed by atoms with van der Waals surface area (Å²) in [6, 6.07) is 0.337.